The highest BCUT2D eigenvalue weighted by atomic mass is 16.6. The topological polar surface area (TPSA) is 77.0 Å². The number of rotatable bonds is 8. The van der Waals surface area contributed by atoms with Gasteiger partial charge in [0, 0.05) is 18.6 Å². The van der Waals surface area contributed by atoms with E-state index in [0.29, 0.717) is 25.4 Å². The Morgan fingerprint density at radius 2 is 1.96 bits per heavy atom. The predicted molar refractivity (Wildman–Crippen MR) is 90.2 cm³/mol. The minimum Gasteiger partial charge on any atom is -0.486 e. The first-order valence-corrected chi connectivity index (χ1v) is 8.10. The quantitative estimate of drug-likeness (QED) is 0.526. The molecule has 6 heteroatoms. The van der Waals surface area contributed by atoms with Crippen LogP contribution in [0.4, 0.5) is 4.79 Å². The van der Waals surface area contributed by atoms with E-state index >= 15 is 0 Å². The van der Waals surface area contributed by atoms with Crippen LogP contribution in [0.15, 0.2) is 34.9 Å². The lowest BCUT2D eigenvalue weighted by atomic mass is 10.0. The number of amides is 1. The molecule has 1 aliphatic carbocycles. The van der Waals surface area contributed by atoms with Crippen molar-refractivity contribution in [1.29, 1.82) is 0 Å². The number of nitrogens with one attached hydrogen (secondary N) is 1. The van der Waals surface area contributed by atoms with Crippen LogP contribution in [-0.4, -0.2) is 42.3 Å². The smallest absolute Gasteiger partial charge is 0.408 e. The molecule has 0 saturated carbocycles. The van der Waals surface area contributed by atoms with Crippen molar-refractivity contribution < 1.29 is 24.1 Å². The van der Waals surface area contributed by atoms with Crippen LogP contribution >= 0.6 is 0 Å². The van der Waals surface area contributed by atoms with Gasteiger partial charge in [0.25, 0.3) is 0 Å². The standard InChI is InChI=1S/C18H27NO5/c1-6-22-14-10-8-13(9-11-14)12-15(16(20)23-7-2)19-17(21)24-18(3,4)5/h8,10,15-16,20H,6-7,12H2,1-5H3,(H,19,21)/t15-,16?/m0/s1. The first-order valence-electron chi connectivity index (χ1n) is 8.10. The molecule has 6 nitrogen and oxygen atoms in total. The maximum atomic E-state index is 12.0. The summed E-state index contributed by atoms with van der Waals surface area (Å²) in [6.07, 6.45) is 2.14. The number of carbonyl (C=O) groups is 1. The molecule has 1 unspecified atom stereocenters. The third-order valence-corrected chi connectivity index (χ3v) is 2.91. The molecular formula is C18H27NO5. The van der Waals surface area contributed by atoms with Crippen molar-refractivity contribution in [3.05, 3.63) is 34.9 Å². The zero-order chi connectivity index (χ0) is 18.2. The molecule has 0 aliphatic heterocycles. The number of aliphatic hydroxyl groups is 1. The van der Waals surface area contributed by atoms with Gasteiger partial charge in [0.1, 0.15) is 5.60 Å². The second-order valence-corrected chi connectivity index (χ2v) is 6.21. The molecule has 134 valence electrons. The SMILES string of the molecule is CCOC1=C=C=C(C[C@H](NC(=O)OC(C)(C)C)C(O)OCC)C=C1. The third kappa shape index (κ3) is 7.53. The highest BCUT2D eigenvalue weighted by molar-refractivity contribution is 5.68. The molecule has 0 spiro atoms. The van der Waals surface area contributed by atoms with E-state index in [4.69, 9.17) is 14.2 Å². The molecule has 0 bridgehead atoms. The van der Waals surface area contributed by atoms with Crippen LogP contribution < -0.4 is 5.32 Å². The summed E-state index contributed by atoms with van der Waals surface area (Å²) >= 11 is 0. The fourth-order valence-electron chi connectivity index (χ4n) is 1.97. The molecule has 24 heavy (non-hydrogen) atoms. The molecule has 1 rings (SSSR count). The first-order chi connectivity index (χ1) is 11.2. The molecule has 1 amide bonds. The number of ether oxygens (including phenoxy) is 3. The van der Waals surface area contributed by atoms with E-state index in [0.717, 1.165) is 5.57 Å². The van der Waals surface area contributed by atoms with Gasteiger partial charge < -0.3 is 24.6 Å². The number of hydrogen-bond donors (Lipinski definition) is 2. The average molecular weight is 337 g/mol. The highest BCUT2D eigenvalue weighted by Gasteiger charge is 2.25. The van der Waals surface area contributed by atoms with Gasteiger partial charge in [-0.2, -0.15) is 0 Å². The van der Waals surface area contributed by atoms with E-state index in [-0.39, 0.29) is 0 Å². The summed E-state index contributed by atoms with van der Waals surface area (Å²) < 4.78 is 15.8. The molecule has 1 aliphatic rings. The Morgan fingerprint density at radius 3 is 2.46 bits per heavy atom. The Kier molecular flexibility index (Phi) is 7.83. The second kappa shape index (κ2) is 9.36. The van der Waals surface area contributed by atoms with Crippen LogP contribution in [0.5, 0.6) is 0 Å². The molecule has 0 radical (unpaired) electrons. The number of aliphatic hydroxyl groups excluding tert-OH is 1. The van der Waals surface area contributed by atoms with Crippen molar-refractivity contribution in [2.24, 2.45) is 0 Å². The molecule has 0 aromatic heterocycles. The predicted octanol–water partition coefficient (Wildman–Crippen LogP) is 2.80. The van der Waals surface area contributed by atoms with E-state index < -0.39 is 24.0 Å². The summed E-state index contributed by atoms with van der Waals surface area (Å²) in [5.74, 6) is 0.600. The largest absolute Gasteiger partial charge is 0.486 e. The summed E-state index contributed by atoms with van der Waals surface area (Å²) in [4.78, 5) is 12.0. The summed E-state index contributed by atoms with van der Waals surface area (Å²) in [7, 11) is 0. The van der Waals surface area contributed by atoms with Gasteiger partial charge in [-0.15, -0.1) is 0 Å². The van der Waals surface area contributed by atoms with Crippen LogP contribution in [0, 0.1) is 0 Å². The fourth-order valence-corrected chi connectivity index (χ4v) is 1.97. The summed E-state index contributed by atoms with van der Waals surface area (Å²) in [6.45, 7) is 9.86. The van der Waals surface area contributed by atoms with E-state index in [1.54, 1.807) is 33.8 Å². The van der Waals surface area contributed by atoms with Crippen LogP contribution in [0.2, 0.25) is 0 Å². The number of carbonyl (C=O) groups excluding carboxylic acids is 1. The van der Waals surface area contributed by atoms with Crippen molar-refractivity contribution in [3.63, 3.8) is 0 Å². The van der Waals surface area contributed by atoms with Crippen molar-refractivity contribution in [2.75, 3.05) is 13.2 Å². The molecular weight excluding hydrogens is 310 g/mol. The van der Waals surface area contributed by atoms with Crippen molar-refractivity contribution in [3.8, 4) is 0 Å². The molecule has 0 heterocycles. The fraction of sp³-hybridized carbons (Fsp3) is 0.611. The van der Waals surface area contributed by atoms with E-state index in [1.165, 1.54) is 0 Å². The number of hydrogen-bond acceptors (Lipinski definition) is 5. The Hall–Kier alpha value is -1.97. The van der Waals surface area contributed by atoms with Gasteiger partial charge in [-0.3, -0.25) is 0 Å². The van der Waals surface area contributed by atoms with Crippen molar-refractivity contribution in [2.45, 2.75) is 59.0 Å². The lowest BCUT2D eigenvalue weighted by Crippen LogP contribution is -2.46. The molecule has 0 aromatic rings. The molecule has 2 N–H and O–H groups in total. The van der Waals surface area contributed by atoms with Gasteiger partial charge in [0.2, 0.25) is 0 Å². The maximum absolute atomic E-state index is 12.0. The van der Waals surface area contributed by atoms with Crippen molar-refractivity contribution in [1.82, 2.24) is 5.32 Å². The average Bonchev–Trinajstić information content (AvgIpc) is 2.47. The van der Waals surface area contributed by atoms with Crippen LogP contribution in [-0.2, 0) is 14.2 Å². The van der Waals surface area contributed by atoms with Crippen LogP contribution in [0.25, 0.3) is 0 Å². The summed E-state index contributed by atoms with van der Waals surface area (Å²) in [5.41, 5.74) is 6.00. The zero-order valence-electron chi connectivity index (χ0n) is 15.0. The normalized spacial score (nSPS) is 16.1. The van der Waals surface area contributed by atoms with Crippen LogP contribution in [0.3, 0.4) is 0 Å². The highest BCUT2D eigenvalue weighted by Crippen LogP contribution is 2.15. The van der Waals surface area contributed by atoms with Gasteiger partial charge in [0.05, 0.1) is 12.6 Å². The minimum absolute atomic E-state index is 0.323. The Morgan fingerprint density at radius 1 is 1.25 bits per heavy atom. The Bertz CT molecular complexity index is 560. The molecule has 0 saturated heterocycles. The molecule has 0 aromatic carbocycles. The van der Waals surface area contributed by atoms with Gasteiger partial charge in [0.15, 0.2) is 12.0 Å². The van der Waals surface area contributed by atoms with Gasteiger partial charge in [-0.1, -0.05) is 5.73 Å². The van der Waals surface area contributed by atoms with E-state index in [1.807, 2.05) is 13.0 Å². The van der Waals surface area contributed by atoms with Gasteiger partial charge in [-0.25, -0.2) is 4.79 Å². The second-order valence-electron chi connectivity index (χ2n) is 6.21. The Balaban J connectivity index is 2.82. The van der Waals surface area contributed by atoms with Gasteiger partial charge >= 0.3 is 6.09 Å². The molecule has 2 atom stereocenters. The maximum Gasteiger partial charge on any atom is 0.408 e. The van der Waals surface area contributed by atoms with Crippen LogP contribution in [0.1, 0.15) is 41.0 Å². The monoisotopic (exact) mass is 337 g/mol. The van der Waals surface area contributed by atoms with Gasteiger partial charge in [-0.05, 0) is 52.5 Å². The Labute approximate surface area is 143 Å². The van der Waals surface area contributed by atoms with Crippen molar-refractivity contribution >= 4 is 6.09 Å². The number of allylic oxidation sites excluding steroid dienone is 2. The number of alkyl carbamates (subject to hydrolysis) is 1. The lowest BCUT2D eigenvalue weighted by molar-refractivity contribution is -0.115. The summed E-state index contributed by atoms with van der Waals surface area (Å²) in [6, 6.07) is -0.664. The zero-order valence-corrected chi connectivity index (χ0v) is 15.0. The first kappa shape index (κ1) is 20.1. The third-order valence-electron chi connectivity index (χ3n) is 2.91. The van der Waals surface area contributed by atoms with E-state index in [9.17, 15) is 9.90 Å². The summed E-state index contributed by atoms with van der Waals surface area (Å²) in [5, 5.41) is 12.8. The minimum atomic E-state index is -1.15. The lowest BCUT2D eigenvalue weighted by Gasteiger charge is -2.26. The van der Waals surface area contributed by atoms with E-state index in [2.05, 4.69) is 16.8 Å². The molecule has 0 fully saturated rings.